The summed E-state index contributed by atoms with van der Waals surface area (Å²) in [5.74, 6) is -0.0153. The fourth-order valence-electron chi connectivity index (χ4n) is 1.92. The molecule has 0 atom stereocenters. The fourth-order valence-corrected chi connectivity index (χ4v) is 1.92. The van der Waals surface area contributed by atoms with Crippen LogP contribution < -0.4 is 0 Å². The van der Waals surface area contributed by atoms with Crippen LogP contribution in [0.25, 0.3) is 0 Å². The van der Waals surface area contributed by atoms with Crippen LogP contribution in [0, 0.1) is 0 Å². The van der Waals surface area contributed by atoms with Crippen LogP contribution in [-0.4, -0.2) is 48.3 Å². The molecule has 4 nitrogen and oxygen atoms in total. The summed E-state index contributed by atoms with van der Waals surface area (Å²) in [7, 11) is 0. The minimum Gasteiger partial charge on any atom is -0.395 e. The van der Waals surface area contributed by atoms with Gasteiger partial charge in [-0.25, -0.2) is 0 Å². The largest absolute Gasteiger partial charge is 0.395 e. The second kappa shape index (κ2) is 6.80. The molecule has 0 heterocycles. The summed E-state index contributed by atoms with van der Waals surface area (Å²) in [5, 5.41) is 8.76. The molecule has 1 N–H and O–H groups in total. The van der Waals surface area contributed by atoms with Gasteiger partial charge in [0.05, 0.1) is 12.7 Å². The van der Waals surface area contributed by atoms with Crippen molar-refractivity contribution in [2.75, 3.05) is 26.3 Å². The van der Waals surface area contributed by atoms with Gasteiger partial charge in [-0.05, 0) is 19.8 Å². The Hall–Kier alpha value is -0.610. The van der Waals surface area contributed by atoms with Gasteiger partial charge in [0.25, 0.3) is 0 Å². The topological polar surface area (TPSA) is 49.8 Å². The Bertz CT molecular complexity index is 190. The molecule has 0 unspecified atom stereocenters. The van der Waals surface area contributed by atoms with Crippen molar-refractivity contribution >= 4 is 5.91 Å². The lowest BCUT2D eigenvalue weighted by Gasteiger charge is -2.20. The number of carbonyl (C=O) groups excluding carboxylic acids is 1. The van der Waals surface area contributed by atoms with Crippen LogP contribution in [0.3, 0.4) is 0 Å². The molecular weight excluding hydrogens is 194 g/mol. The Balaban J connectivity index is 2.20. The van der Waals surface area contributed by atoms with Gasteiger partial charge in [0.1, 0.15) is 6.61 Å². The number of amides is 1. The lowest BCUT2D eigenvalue weighted by molar-refractivity contribution is -0.138. The van der Waals surface area contributed by atoms with Crippen LogP contribution in [-0.2, 0) is 9.53 Å². The lowest BCUT2D eigenvalue weighted by Crippen LogP contribution is -2.36. The molecule has 1 rings (SSSR count). The van der Waals surface area contributed by atoms with Gasteiger partial charge >= 0.3 is 0 Å². The Kier molecular flexibility index (Phi) is 5.65. The zero-order chi connectivity index (χ0) is 11.1. The standard InChI is InChI=1S/C11H21NO3/c1-2-12(7-8-13)11(14)9-15-10-5-3-4-6-10/h10,13H,2-9H2,1H3. The molecule has 0 radical (unpaired) electrons. The molecule has 0 bridgehead atoms. The third kappa shape index (κ3) is 4.18. The van der Waals surface area contributed by atoms with Crippen molar-refractivity contribution in [2.45, 2.75) is 38.7 Å². The maximum absolute atomic E-state index is 11.6. The lowest BCUT2D eigenvalue weighted by atomic mass is 10.3. The fraction of sp³-hybridized carbons (Fsp3) is 0.909. The molecule has 0 aromatic rings. The summed E-state index contributed by atoms with van der Waals surface area (Å²) in [4.78, 5) is 13.2. The van der Waals surface area contributed by atoms with Crippen LogP contribution >= 0.6 is 0 Å². The average molecular weight is 215 g/mol. The number of aliphatic hydroxyl groups is 1. The molecule has 1 aliphatic carbocycles. The number of aliphatic hydroxyl groups excluding tert-OH is 1. The highest BCUT2D eigenvalue weighted by Gasteiger charge is 2.18. The number of hydrogen-bond acceptors (Lipinski definition) is 3. The maximum Gasteiger partial charge on any atom is 0.248 e. The SMILES string of the molecule is CCN(CCO)C(=O)COC1CCCC1. The molecule has 0 spiro atoms. The summed E-state index contributed by atoms with van der Waals surface area (Å²) in [5.41, 5.74) is 0. The molecule has 1 saturated carbocycles. The van der Waals surface area contributed by atoms with Crippen molar-refractivity contribution in [3.63, 3.8) is 0 Å². The van der Waals surface area contributed by atoms with Gasteiger partial charge in [-0.15, -0.1) is 0 Å². The van der Waals surface area contributed by atoms with Crippen molar-refractivity contribution in [2.24, 2.45) is 0 Å². The Labute approximate surface area is 91.2 Å². The first-order valence-electron chi connectivity index (χ1n) is 5.78. The van der Waals surface area contributed by atoms with E-state index in [0.29, 0.717) is 13.1 Å². The highest BCUT2D eigenvalue weighted by Crippen LogP contribution is 2.20. The van der Waals surface area contributed by atoms with Gasteiger partial charge in [0, 0.05) is 13.1 Å². The summed E-state index contributed by atoms with van der Waals surface area (Å²) in [6.45, 7) is 3.13. The predicted molar refractivity (Wildman–Crippen MR) is 57.5 cm³/mol. The highest BCUT2D eigenvalue weighted by molar-refractivity contribution is 5.77. The number of likely N-dealkylation sites (N-methyl/N-ethyl adjacent to an activating group) is 1. The first-order chi connectivity index (χ1) is 7.27. The highest BCUT2D eigenvalue weighted by atomic mass is 16.5. The summed E-state index contributed by atoms with van der Waals surface area (Å²) < 4.78 is 5.52. The molecule has 4 heteroatoms. The van der Waals surface area contributed by atoms with Gasteiger partial charge in [-0.1, -0.05) is 12.8 Å². The van der Waals surface area contributed by atoms with Gasteiger partial charge in [0.2, 0.25) is 5.91 Å². The van der Waals surface area contributed by atoms with E-state index >= 15 is 0 Å². The molecule has 15 heavy (non-hydrogen) atoms. The molecular formula is C11H21NO3. The number of carbonyl (C=O) groups is 1. The van der Waals surface area contributed by atoms with Crippen LogP contribution in [0.4, 0.5) is 0 Å². The Morgan fingerprint density at radius 1 is 1.47 bits per heavy atom. The monoisotopic (exact) mass is 215 g/mol. The van der Waals surface area contributed by atoms with E-state index in [2.05, 4.69) is 0 Å². The Morgan fingerprint density at radius 2 is 2.13 bits per heavy atom. The van der Waals surface area contributed by atoms with E-state index in [1.165, 1.54) is 12.8 Å². The normalized spacial score (nSPS) is 16.9. The first-order valence-corrected chi connectivity index (χ1v) is 5.78. The van der Waals surface area contributed by atoms with E-state index in [4.69, 9.17) is 9.84 Å². The maximum atomic E-state index is 11.6. The molecule has 0 saturated heterocycles. The number of rotatable bonds is 6. The van der Waals surface area contributed by atoms with Crippen LogP contribution in [0.1, 0.15) is 32.6 Å². The average Bonchev–Trinajstić information content (AvgIpc) is 2.75. The second-order valence-electron chi connectivity index (χ2n) is 3.91. The van der Waals surface area contributed by atoms with E-state index in [9.17, 15) is 4.79 Å². The van der Waals surface area contributed by atoms with Crippen molar-refractivity contribution < 1.29 is 14.6 Å². The number of ether oxygens (including phenoxy) is 1. The van der Waals surface area contributed by atoms with Crippen LogP contribution in [0.5, 0.6) is 0 Å². The van der Waals surface area contributed by atoms with Crippen molar-refractivity contribution in [3.05, 3.63) is 0 Å². The van der Waals surface area contributed by atoms with E-state index in [1.54, 1.807) is 4.90 Å². The van der Waals surface area contributed by atoms with E-state index < -0.39 is 0 Å². The third-order valence-corrected chi connectivity index (χ3v) is 2.85. The number of nitrogens with zero attached hydrogens (tertiary/aromatic N) is 1. The number of hydrogen-bond donors (Lipinski definition) is 1. The molecule has 0 aliphatic heterocycles. The van der Waals surface area contributed by atoms with Gasteiger partial charge in [-0.2, -0.15) is 0 Å². The molecule has 1 aliphatic rings. The smallest absolute Gasteiger partial charge is 0.248 e. The van der Waals surface area contributed by atoms with Gasteiger partial charge in [0.15, 0.2) is 0 Å². The van der Waals surface area contributed by atoms with Crippen molar-refractivity contribution in [1.82, 2.24) is 4.90 Å². The quantitative estimate of drug-likeness (QED) is 0.712. The molecule has 1 amide bonds. The molecule has 0 aromatic heterocycles. The van der Waals surface area contributed by atoms with Crippen molar-refractivity contribution in [1.29, 1.82) is 0 Å². The minimum atomic E-state index is -0.0153. The minimum absolute atomic E-state index is 0.0153. The summed E-state index contributed by atoms with van der Waals surface area (Å²) in [6, 6.07) is 0. The summed E-state index contributed by atoms with van der Waals surface area (Å²) in [6.07, 6.45) is 4.88. The van der Waals surface area contributed by atoms with Crippen LogP contribution in [0.2, 0.25) is 0 Å². The molecule has 0 aromatic carbocycles. The second-order valence-corrected chi connectivity index (χ2v) is 3.91. The summed E-state index contributed by atoms with van der Waals surface area (Å²) >= 11 is 0. The first kappa shape index (κ1) is 12.5. The van der Waals surface area contributed by atoms with E-state index in [-0.39, 0.29) is 25.2 Å². The van der Waals surface area contributed by atoms with Crippen LogP contribution in [0.15, 0.2) is 0 Å². The van der Waals surface area contributed by atoms with E-state index in [1.807, 2.05) is 6.92 Å². The van der Waals surface area contributed by atoms with Gasteiger partial charge < -0.3 is 14.7 Å². The zero-order valence-corrected chi connectivity index (χ0v) is 9.45. The molecule has 88 valence electrons. The molecule has 1 fully saturated rings. The van der Waals surface area contributed by atoms with E-state index in [0.717, 1.165) is 12.8 Å². The zero-order valence-electron chi connectivity index (χ0n) is 9.45. The van der Waals surface area contributed by atoms with Crippen molar-refractivity contribution in [3.8, 4) is 0 Å². The van der Waals surface area contributed by atoms with Gasteiger partial charge in [-0.3, -0.25) is 4.79 Å². The third-order valence-electron chi connectivity index (χ3n) is 2.85. The predicted octanol–water partition coefficient (Wildman–Crippen LogP) is 0.786. The Morgan fingerprint density at radius 3 is 2.67 bits per heavy atom.